The lowest BCUT2D eigenvalue weighted by atomic mass is 9.89. The Hall–Kier alpha value is -1.92. The van der Waals surface area contributed by atoms with Gasteiger partial charge in [0.2, 0.25) is 5.56 Å². The van der Waals surface area contributed by atoms with Gasteiger partial charge in [0.25, 0.3) is 0 Å². The summed E-state index contributed by atoms with van der Waals surface area (Å²) < 4.78 is 6.07. The lowest BCUT2D eigenvalue weighted by Crippen LogP contribution is -2.54. The molecule has 2 aromatic carbocycles. The molecule has 1 aliphatic heterocycles. The van der Waals surface area contributed by atoms with Crippen LogP contribution in [0.2, 0.25) is 15.1 Å². The monoisotopic (exact) mass is 451 g/mol. The molecule has 1 aromatic heterocycles. The van der Waals surface area contributed by atoms with Crippen LogP contribution >= 0.6 is 34.8 Å². The Morgan fingerprint density at radius 2 is 1.79 bits per heavy atom. The van der Waals surface area contributed by atoms with E-state index in [2.05, 4.69) is 9.88 Å². The number of halogens is 3. The molecule has 5 nitrogen and oxygen atoms in total. The fourth-order valence-electron chi connectivity index (χ4n) is 3.61. The van der Waals surface area contributed by atoms with Gasteiger partial charge in [0, 0.05) is 29.6 Å². The van der Waals surface area contributed by atoms with Crippen molar-refractivity contribution in [1.29, 1.82) is 0 Å². The molecule has 0 aliphatic carbocycles. The van der Waals surface area contributed by atoms with Crippen LogP contribution in [0, 0.1) is 0 Å². The lowest BCUT2D eigenvalue weighted by molar-refractivity contribution is 0.190. The van der Waals surface area contributed by atoms with E-state index in [1.807, 2.05) is 12.1 Å². The van der Waals surface area contributed by atoms with Gasteiger partial charge in [-0.1, -0.05) is 34.8 Å². The average Bonchev–Trinajstić information content (AvgIpc) is 2.69. The molecule has 0 bridgehead atoms. The predicted octanol–water partition coefficient (Wildman–Crippen LogP) is 4.87. The zero-order valence-corrected chi connectivity index (χ0v) is 17.8. The van der Waals surface area contributed by atoms with Gasteiger partial charge in [-0.2, -0.15) is 0 Å². The summed E-state index contributed by atoms with van der Waals surface area (Å²) in [7, 11) is 0. The van der Waals surface area contributed by atoms with Crippen molar-refractivity contribution >= 4 is 51.4 Å². The molecule has 4 rings (SSSR count). The zero-order valence-electron chi connectivity index (χ0n) is 15.6. The van der Waals surface area contributed by atoms with Crippen LogP contribution in [0.25, 0.3) is 10.9 Å². The van der Waals surface area contributed by atoms with Gasteiger partial charge < -0.3 is 20.4 Å². The Kier molecular flexibility index (Phi) is 5.67. The molecule has 152 valence electrons. The van der Waals surface area contributed by atoms with Gasteiger partial charge in [-0.3, -0.25) is 4.79 Å². The number of anilines is 1. The maximum atomic E-state index is 11.6. The molecule has 0 amide bonds. The minimum absolute atomic E-state index is 0.208. The van der Waals surface area contributed by atoms with Crippen molar-refractivity contribution < 1.29 is 4.74 Å². The van der Waals surface area contributed by atoms with Crippen molar-refractivity contribution in [3.8, 4) is 5.75 Å². The van der Waals surface area contributed by atoms with Gasteiger partial charge in [0.05, 0.1) is 26.8 Å². The van der Waals surface area contributed by atoms with E-state index in [0.29, 0.717) is 32.9 Å². The third kappa shape index (κ3) is 4.33. The number of nitrogens with one attached hydrogen (secondary N) is 1. The predicted molar refractivity (Wildman–Crippen MR) is 120 cm³/mol. The molecule has 8 heteroatoms. The Bertz CT molecular complexity index is 1110. The van der Waals surface area contributed by atoms with Crippen molar-refractivity contribution in [3.63, 3.8) is 0 Å². The average molecular weight is 453 g/mol. The Balaban J connectivity index is 1.45. The first kappa shape index (κ1) is 20.4. The molecule has 0 saturated carbocycles. The van der Waals surface area contributed by atoms with E-state index in [1.54, 1.807) is 24.3 Å². The summed E-state index contributed by atoms with van der Waals surface area (Å²) >= 11 is 18.5. The van der Waals surface area contributed by atoms with Gasteiger partial charge in [-0.25, -0.2) is 0 Å². The SMILES string of the molecule is NC1(COc2ccc(Cl)c3[nH]c(=O)ccc23)CCN(c2ccc(Cl)cc2Cl)CC1. The largest absolute Gasteiger partial charge is 0.491 e. The number of pyridine rings is 1. The normalized spacial score (nSPS) is 16.2. The second-order valence-corrected chi connectivity index (χ2v) is 8.64. The number of ether oxygens (including phenoxy) is 1. The third-order valence-electron chi connectivity index (χ3n) is 5.33. The molecule has 0 unspecified atom stereocenters. The van der Waals surface area contributed by atoms with Crippen LogP contribution in [0.4, 0.5) is 5.69 Å². The van der Waals surface area contributed by atoms with Gasteiger partial charge in [0.1, 0.15) is 12.4 Å². The van der Waals surface area contributed by atoms with Crippen LogP contribution in [-0.2, 0) is 0 Å². The Morgan fingerprint density at radius 3 is 2.52 bits per heavy atom. The molecule has 1 saturated heterocycles. The fourth-order valence-corrected chi connectivity index (χ4v) is 4.35. The van der Waals surface area contributed by atoms with Crippen molar-refractivity contribution in [3.05, 3.63) is 67.9 Å². The number of fused-ring (bicyclic) bond motifs is 1. The highest BCUT2D eigenvalue weighted by Gasteiger charge is 2.32. The quantitative estimate of drug-likeness (QED) is 0.593. The van der Waals surface area contributed by atoms with E-state index in [0.717, 1.165) is 37.0 Å². The summed E-state index contributed by atoms with van der Waals surface area (Å²) in [5.74, 6) is 0.647. The number of piperidine rings is 1. The summed E-state index contributed by atoms with van der Waals surface area (Å²) in [4.78, 5) is 16.6. The highest BCUT2D eigenvalue weighted by Crippen LogP contribution is 2.34. The minimum Gasteiger partial charge on any atom is -0.491 e. The Labute approximate surface area is 183 Å². The first-order valence-corrected chi connectivity index (χ1v) is 10.4. The standard InChI is InChI=1S/C21H20Cl3N3O2/c22-13-1-4-17(16(24)11-13)27-9-7-21(25,8-10-27)12-29-18-5-3-15(23)20-14(18)2-6-19(28)26-20/h1-6,11H,7-10,12,25H2,(H,26,28). The number of hydrogen-bond acceptors (Lipinski definition) is 4. The number of rotatable bonds is 4. The van der Waals surface area contributed by atoms with Crippen molar-refractivity contribution in [1.82, 2.24) is 4.98 Å². The van der Waals surface area contributed by atoms with Crippen molar-refractivity contribution in [2.45, 2.75) is 18.4 Å². The maximum absolute atomic E-state index is 11.6. The van der Waals surface area contributed by atoms with E-state index in [-0.39, 0.29) is 5.56 Å². The third-order valence-corrected chi connectivity index (χ3v) is 6.18. The summed E-state index contributed by atoms with van der Waals surface area (Å²) in [6.07, 6.45) is 1.52. The van der Waals surface area contributed by atoms with Crippen LogP contribution in [-0.4, -0.2) is 30.2 Å². The number of aromatic nitrogens is 1. The second kappa shape index (κ2) is 8.07. The van der Waals surface area contributed by atoms with Gasteiger partial charge in [-0.05, 0) is 49.2 Å². The molecular weight excluding hydrogens is 433 g/mol. The van der Waals surface area contributed by atoms with Crippen LogP contribution < -0.4 is 20.9 Å². The lowest BCUT2D eigenvalue weighted by Gasteiger charge is -2.40. The maximum Gasteiger partial charge on any atom is 0.248 e. The summed E-state index contributed by atoms with van der Waals surface area (Å²) in [5, 5.41) is 2.49. The van der Waals surface area contributed by atoms with Crippen LogP contribution in [0.1, 0.15) is 12.8 Å². The molecule has 3 aromatic rings. The molecule has 1 fully saturated rings. The van der Waals surface area contributed by atoms with E-state index < -0.39 is 5.54 Å². The second-order valence-electron chi connectivity index (χ2n) is 7.39. The molecule has 0 atom stereocenters. The van der Waals surface area contributed by atoms with Gasteiger partial charge >= 0.3 is 0 Å². The fraction of sp³-hybridized carbons (Fsp3) is 0.286. The number of H-pyrrole nitrogens is 1. The zero-order chi connectivity index (χ0) is 20.6. The number of hydrogen-bond donors (Lipinski definition) is 2. The Morgan fingerprint density at radius 1 is 1.03 bits per heavy atom. The molecule has 1 aliphatic rings. The van der Waals surface area contributed by atoms with E-state index in [4.69, 9.17) is 45.3 Å². The molecule has 29 heavy (non-hydrogen) atoms. The summed E-state index contributed by atoms with van der Waals surface area (Å²) in [6.45, 7) is 1.91. The van der Waals surface area contributed by atoms with Crippen LogP contribution in [0.5, 0.6) is 5.75 Å². The van der Waals surface area contributed by atoms with Gasteiger partial charge in [0.15, 0.2) is 0 Å². The van der Waals surface area contributed by atoms with E-state index >= 15 is 0 Å². The smallest absolute Gasteiger partial charge is 0.248 e. The van der Waals surface area contributed by atoms with Gasteiger partial charge in [-0.15, -0.1) is 0 Å². The molecule has 0 spiro atoms. The van der Waals surface area contributed by atoms with E-state index in [1.165, 1.54) is 6.07 Å². The minimum atomic E-state index is -0.455. The number of benzene rings is 2. The first-order valence-electron chi connectivity index (χ1n) is 9.28. The highest BCUT2D eigenvalue weighted by atomic mass is 35.5. The topological polar surface area (TPSA) is 71.3 Å². The highest BCUT2D eigenvalue weighted by molar-refractivity contribution is 6.36. The molecule has 2 heterocycles. The summed E-state index contributed by atoms with van der Waals surface area (Å²) in [5.41, 5.74) is 7.48. The van der Waals surface area contributed by atoms with Crippen molar-refractivity contribution in [2.24, 2.45) is 5.73 Å². The van der Waals surface area contributed by atoms with E-state index in [9.17, 15) is 4.79 Å². The number of nitrogens with two attached hydrogens (primary N) is 1. The summed E-state index contributed by atoms with van der Waals surface area (Å²) in [6, 6.07) is 12.2. The molecule has 3 N–H and O–H groups in total. The molecular formula is C21H20Cl3N3O2. The van der Waals surface area contributed by atoms with Crippen LogP contribution in [0.3, 0.4) is 0 Å². The number of nitrogens with zero attached hydrogens (tertiary/aromatic N) is 1. The number of aromatic amines is 1. The van der Waals surface area contributed by atoms with Crippen molar-refractivity contribution in [2.75, 3.05) is 24.6 Å². The molecule has 0 radical (unpaired) electrons. The van der Waals surface area contributed by atoms with Crippen LogP contribution in [0.15, 0.2) is 47.3 Å². The first-order chi connectivity index (χ1) is 13.8.